The predicted octanol–water partition coefficient (Wildman–Crippen LogP) is 3.14. The first-order valence-corrected chi connectivity index (χ1v) is 7.55. The van der Waals surface area contributed by atoms with E-state index in [2.05, 4.69) is 24.3 Å². The molecule has 1 aromatic rings. The van der Waals surface area contributed by atoms with Gasteiger partial charge in [0.1, 0.15) is 0 Å². The van der Waals surface area contributed by atoms with Crippen LogP contribution in [0.2, 0.25) is 0 Å². The van der Waals surface area contributed by atoms with E-state index < -0.39 is 0 Å². The lowest BCUT2D eigenvalue weighted by molar-refractivity contribution is 0.170. The first kappa shape index (κ1) is 13.1. The second kappa shape index (κ2) is 4.92. The molecular weight excluding hydrogens is 234 g/mol. The Balaban J connectivity index is 2.02. The molecule has 0 radical (unpaired) electrons. The Kier molecular flexibility index (Phi) is 3.40. The average molecular weight is 259 g/mol. The fourth-order valence-electron chi connectivity index (χ4n) is 3.96. The molecule has 1 aromatic carbocycles. The molecule has 2 saturated carbocycles. The largest absolute Gasteiger partial charge is 0.384 e. The number of methoxy groups -OCH3 is 1. The van der Waals surface area contributed by atoms with E-state index in [1.165, 1.54) is 49.7 Å². The molecule has 2 heteroatoms. The summed E-state index contributed by atoms with van der Waals surface area (Å²) in [6.45, 7) is 1.64. The first-order valence-electron chi connectivity index (χ1n) is 7.55. The van der Waals surface area contributed by atoms with Gasteiger partial charge in [0.2, 0.25) is 0 Å². The Bertz CT molecular complexity index is 444. The number of nitrogens with two attached hydrogens (primary N) is 1. The number of ether oxygens (including phenoxy) is 1. The fraction of sp³-hybridized carbons (Fsp3) is 0.647. The zero-order valence-corrected chi connectivity index (χ0v) is 12.0. The van der Waals surface area contributed by atoms with Crippen molar-refractivity contribution in [3.8, 4) is 0 Å². The minimum atomic E-state index is 0.236. The Hall–Kier alpha value is -0.860. The maximum atomic E-state index is 6.18. The SMILES string of the molecule is COCC1(c2ccccc2C2(CN)CCCC2)CC1. The van der Waals surface area contributed by atoms with Crippen LogP contribution in [-0.2, 0) is 15.6 Å². The van der Waals surface area contributed by atoms with E-state index in [1.54, 1.807) is 0 Å². The molecule has 2 aliphatic carbocycles. The normalized spacial score (nSPS) is 23.5. The zero-order chi connectivity index (χ0) is 13.3. The molecule has 3 rings (SSSR count). The molecule has 0 aromatic heterocycles. The molecular formula is C17H25NO. The predicted molar refractivity (Wildman–Crippen MR) is 78.4 cm³/mol. The van der Waals surface area contributed by atoms with Gasteiger partial charge in [0.25, 0.3) is 0 Å². The Morgan fingerprint density at radius 3 is 2.05 bits per heavy atom. The van der Waals surface area contributed by atoms with Crippen LogP contribution in [0.4, 0.5) is 0 Å². The van der Waals surface area contributed by atoms with Crippen LogP contribution in [0.3, 0.4) is 0 Å². The van der Waals surface area contributed by atoms with E-state index in [0.29, 0.717) is 0 Å². The van der Waals surface area contributed by atoms with E-state index >= 15 is 0 Å². The van der Waals surface area contributed by atoms with Gasteiger partial charge in [0, 0.05) is 24.5 Å². The second-order valence-electron chi connectivity index (χ2n) is 6.45. The van der Waals surface area contributed by atoms with Gasteiger partial charge < -0.3 is 10.5 Å². The monoisotopic (exact) mass is 259 g/mol. The van der Waals surface area contributed by atoms with Gasteiger partial charge in [-0.2, -0.15) is 0 Å². The van der Waals surface area contributed by atoms with Crippen molar-refractivity contribution in [2.24, 2.45) is 5.73 Å². The lowest BCUT2D eigenvalue weighted by atomic mass is 9.73. The van der Waals surface area contributed by atoms with Gasteiger partial charge in [-0.3, -0.25) is 0 Å². The van der Waals surface area contributed by atoms with Gasteiger partial charge in [-0.25, -0.2) is 0 Å². The summed E-state index contributed by atoms with van der Waals surface area (Å²) in [5, 5.41) is 0. The maximum absolute atomic E-state index is 6.18. The summed E-state index contributed by atoms with van der Waals surface area (Å²) in [6.07, 6.45) is 7.68. The molecule has 0 heterocycles. The number of hydrogen-bond acceptors (Lipinski definition) is 2. The lowest BCUT2D eigenvalue weighted by Gasteiger charge is -2.32. The Labute approximate surface area is 116 Å². The molecule has 19 heavy (non-hydrogen) atoms. The molecule has 0 spiro atoms. The van der Waals surface area contributed by atoms with Crippen molar-refractivity contribution in [2.75, 3.05) is 20.3 Å². The topological polar surface area (TPSA) is 35.2 Å². The molecule has 0 bridgehead atoms. The standard InChI is InChI=1S/C17H25NO/c1-19-13-17(10-11-17)15-7-3-2-6-14(15)16(12-18)8-4-5-9-16/h2-3,6-7H,4-5,8-13,18H2,1H3. The van der Waals surface area contributed by atoms with E-state index in [1.807, 2.05) is 7.11 Å². The van der Waals surface area contributed by atoms with Crippen LogP contribution in [0.5, 0.6) is 0 Å². The Morgan fingerprint density at radius 2 is 1.58 bits per heavy atom. The van der Waals surface area contributed by atoms with E-state index in [-0.39, 0.29) is 10.8 Å². The summed E-state index contributed by atoms with van der Waals surface area (Å²) >= 11 is 0. The van der Waals surface area contributed by atoms with Crippen molar-refractivity contribution in [2.45, 2.75) is 49.4 Å². The number of benzene rings is 1. The summed E-state index contributed by atoms with van der Waals surface area (Å²) in [4.78, 5) is 0. The summed E-state index contributed by atoms with van der Waals surface area (Å²) < 4.78 is 5.48. The highest BCUT2D eigenvalue weighted by molar-refractivity contribution is 5.44. The van der Waals surface area contributed by atoms with Crippen molar-refractivity contribution >= 4 is 0 Å². The third kappa shape index (κ3) is 2.11. The highest BCUT2D eigenvalue weighted by Gasteiger charge is 2.48. The van der Waals surface area contributed by atoms with Crippen LogP contribution >= 0.6 is 0 Å². The van der Waals surface area contributed by atoms with Crippen molar-refractivity contribution in [1.29, 1.82) is 0 Å². The summed E-state index contributed by atoms with van der Waals surface area (Å²) in [7, 11) is 1.82. The van der Waals surface area contributed by atoms with Crippen LogP contribution in [0.15, 0.2) is 24.3 Å². The van der Waals surface area contributed by atoms with Crippen LogP contribution in [0.25, 0.3) is 0 Å². The molecule has 0 atom stereocenters. The van der Waals surface area contributed by atoms with Crippen molar-refractivity contribution in [3.63, 3.8) is 0 Å². The van der Waals surface area contributed by atoms with Crippen LogP contribution in [-0.4, -0.2) is 20.3 Å². The van der Waals surface area contributed by atoms with Gasteiger partial charge in [-0.15, -0.1) is 0 Å². The van der Waals surface area contributed by atoms with Gasteiger partial charge in [-0.05, 0) is 36.8 Å². The highest BCUT2D eigenvalue weighted by Crippen LogP contribution is 2.53. The minimum absolute atomic E-state index is 0.236. The molecule has 0 amide bonds. The van der Waals surface area contributed by atoms with Gasteiger partial charge in [0.15, 0.2) is 0 Å². The lowest BCUT2D eigenvalue weighted by Crippen LogP contribution is -2.34. The summed E-state index contributed by atoms with van der Waals surface area (Å²) in [5.41, 5.74) is 9.74. The van der Waals surface area contributed by atoms with Crippen molar-refractivity contribution < 1.29 is 4.74 Å². The molecule has 2 nitrogen and oxygen atoms in total. The maximum Gasteiger partial charge on any atom is 0.0559 e. The fourth-order valence-corrected chi connectivity index (χ4v) is 3.96. The van der Waals surface area contributed by atoms with Crippen LogP contribution in [0, 0.1) is 0 Å². The van der Waals surface area contributed by atoms with E-state index in [4.69, 9.17) is 10.5 Å². The minimum Gasteiger partial charge on any atom is -0.384 e. The van der Waals surface area contributed by atoms with Gasteiger partial charge in [0.05, 0.1) is 6.61 Å². The number of rotatable bonds is 5. The first-order chi connectivity index (χ1) is 9.26. The van der Waals surface area contributed by atoms with E-state index in [9.17, 15) is 0 Å². The third-order valence-electron chi connectivity index (χ3n) is 5.30. The van der Waals surface area contributed by atoms with Crippen molar-refractivity contribution in [1.82, 2.24) is 0 Å². The molecule has 0 saturated heterocycles. The zero-order valence-electron chi connectivity index (χ0n) is 12.0. The molecule has 2 aliphatic rings. The van der Waals surface area contributed by atoms with Gasteiger partial charge >= 0.3 is 0 Å². The molecule has 0 unspecified atom stereocenters. The van der Waals surface area contributed by atoms with Crippen molar-refractivity contribution in [3.05, 3.63) is 35.4 Å². The average Bonchev–Trinajstić information content (AvgIpc) is 3.07. The Morgan fingerprint density at radius 1 is 1.00 bits per heavy atom. The van der Waals surface area contributed by atoms with Crippen LogP contribution < -0.4 is 5.73 Å². The third-order valence-corrected chi connectivity index (χ3v) is 5.30. The number of hydrogen-bond donors (Lipinski definition) is 1. The quantitative estimate of drug-likeness (QED) is 0.881. The molecule has 0 aliphatic heterocycles. The van der Waals surface area contributed by atoms with E-state index in [0.717, 1.165) is 13.2 Å². The highest BCUT2D eigenvalue weighted by atomic mass is 16.5. The molecule has 104 valence electrons. The summed E-state index contributed by atoms with van der Waals surface area (Å²) in [5.74, 6) is 0. The second-order valence-corrected chi connectivity index (χ2v) is 6.45. The van der Waals surface area contributed by atoms with Gasteiger partial charge in [-0.1, -0.05) is 37.1 Å². The van der Waals surface area contributed by atoms with Crippen LogP contribution in [0.1, 0.15) is 49.7 Å². The molecule has 2 fully saturated rings. The summed E-state index contributed by atoms with van der Waals surface area (Å²) in [6, 6.07) is 8.99. The smallest absolute Gasteiger partial charge is 0.0559 e. The molecule has 2 N–H and O–H groups in total.